The van der Waals surface area contributed by atoms with E-state index in [1.54, 1.807) is 12.1 Å². The number of hydrogen-bond donors (Lipinski definition) is 2. The summed E-state index contributed by atoms with van der Waals surface area (Å²) < 4.78 is 6.33. The van der Waals surface area contributed by atoms with E-state index in [0.717, 1.165) is 5.56 Å². The number of nitrogens with zero attached hydrogens (tertiary/aromatic N) is 1. The second kappa shape index (κ2) is 7.67. The van der Waals surface area contributed by atoms with E-state index in [9.17, 15) is 5.26 Å². The van der Waals surface area contributed by atoms with Crippen molar-refractivity contribution in [2.75, 3.05) is 0 Å². The molecule has 0 atom stereocenters. The maximum Gasteiger partial charge on any atom is 0.149 e. The van der Waals surface area contributed by atoms with Crippen molar-refractivity contribution in [3.63, 3.8) is 0 Å². The molecule has 0 saturated heterocycles. The Bertz CT molecular complexity index is 683. The number of hydrogen-bond acceptors (Lipinski definition) is 3. The van der Waals surface area contributed by atoms with Crippen molar-refractivity contribution < 1.29 is 4.74 Å². The maximum absolute atomic E-state index is 9.23. The topological polar surface area (TPSA) is 82.9 Å². The third-order valence-electron chi connectivity index (χ3n) is 2.73. The molecule has 2 aromatic rings. The van der Waals surface area contributed by atoms with Crippen LogP contribution in [0.2, 0.25) is 0 Å². The summed E-state index contributed by atoms with van der Waals surface area (Å²) in [7, 11) is 0. The molecule has 6 heteroatoms. The Kier molecular flexibility index (Phi) is 6.22. The van der Waals surface area contributed by atoms with Gasteiger partial charge < -0.3 is 10.5 Å². The van der Waals surface area contributed by atoms with Crippen molar-refractivity contribution in [1.29, 1.82) is 10.7 Å². The molecule has 0 heterocycles. The third-order valence-corrected chi connectivity index (χ3v) is 3.40. The van der Waals surface area contributed by atoms with Gasteiger partial charge in [-0.3, -0.25) is 5.41 Å². The molecule has 0 aliphatic rings. The number of nitrogens with one attached hydrogen (secondary N) is 1. The van der Waals surface area contributed by atoms with E-state index in [1.165, 1.54) is 0 Å². The minimum absolute atomic E-state index is 0. The zero-order valence-corrected chi connectivity index (χ0v) is 13.4. The van der Waals surface area contributed by atoms with Crippen LogP contribution in [0, 0.1) is 16.7 Å². The van der Waals surface area contributed by atoms with Crippen LogP contribution >= 0.6 is 28.3 Å². The van der Waals surface area contributed by atoms with Gasteiger partial charge in [0.1, 0.15) is 29.8 Å². The van der Waals surface area contributed by atoms with Crippen LogP contribution < -0.4 is 10.5 Å². The van der Waals surface area contributed by atoms with Gasteiger partial charge >= 0.3 is 0 Å². The minimum Gasteiger partial charge on any atom is -0.487 e. The number of benzene rings is 2. The molecule has 4 nitrogen and oxygen atoms in total. The highest BCUT2D eigenvalue weighted by atomic mass is 79.9. The first-order chi connectivity index (χ1) is 9.63. The zero-order valence-electron chi connectivity index (χ0n) is 11.0. The molecule has 0 spiro atoms. The van der Waals surface area contributed by atoms with Gasteiger partial charge in [0.25, 0.3) is 0 Å². The molecule has 0 radical (unpaired) electrons. The van der Waals surface area contributed by atoms with Crippen LogP contribution in [0.25, 0.3) is 0 Å². The summed E-state index contributed by atoms with van der Waals surface area (Å²) >= 11 is 3.30. The normalized spacial score (nSPS) is 9.33. The van der Waals surface area contributed by atoms with E-state index in [1.807, 2.05) is 30.3 Å². The Morgan fingerprint density at radius 3 is 2.48 bits per heavy atom. The Hall–Kier alpha value is -2.03. The van der Waals surface area contributed by atoms with Crippen LogP contribution in [0.1, 0.15) is 16.7 Å². The molecule has 0 fully saturated rings. The van der Waals surface area contributed by atoms with Crippen molar-refractivity contribution in [1.82, 2.24) is 0 Å². The molecular weight excluding hydrogens is 354 g/mol. The Morgan fingerprint density at radius 2 is 1.90 bits per heavy atom. The molecule has 0 aromatic heterocycles. The summed E-state index contributed by atoms with van der Waals surface area (Å²) in [6.45, 7) is 0.312. The summed E-state index contributed by atoms with van der Waals surface area (Å²) in [4.78, 5) is 0. The van der Waals surface area contributed by atoms with Gasteiger partial charge in [0.2, 0.25) is 0 Å². The van der Waals surface area contributed by atoms with E-state index >= 15 is 0 Å². The molecular formula is C15H13BrClN3O. The number of rotatable bonds is 4. The first kappa shape index (κ1) is 17.0. The number of amidine groups is 1. The van der Waals surface area contributed by atoms with Gasteiger partial charge in [-0.25, -0.2) is 0 Å². The van der Waals surface area contributed by atoms with Gasteiger partial charge in [0.15, 0.2) is 0 Å². The lowest BCUT2D eigenvalue weighted by Crippen LogP contribution is -2.14. The van der Waals surface area contributed by atoms with Crippen LogP contribution in [-0.2, 0) is 6.61 Å². The number of nitrogen functional groups attached to an aromatic ring is 1. The van der Waals surface area contributed by atoms with Crippen LogP contribution in [0.15, 0.2) is 46.9 Å². The molecule has 0 amide bonds. The zero-order chi connectivity index (χ0) is 14.5. The molecule has 108 valence electrons. The van der Waals surface area contributed by atoms with Gasteiger partial charge in [-0.1, -0.05) is 30.3 Å². The number of nitrogens with two attached hydrogens (primary N) is 1. The van der Waals surface area contributed by atoms with Crippen molar-refractivity contribution in [2.45, 2.75) is 6.61 Å². The lowest BCUT2D eigenvalue weighted by Gasteiger charge is -2.13. The summed E-state index contributed by atoms with van der Waals surface area (Å²) in [6, 6.07) is 15.0. The van der Waals surface area contributed by atoms with E-state index in [0.29, 0.717) is 28.0 Å². The molecule has 0 saturated carbocycles. The second-order valence-electron chi connectivity index (χ2n) is 4.10. The van der Waals surface area contributed by atoms with Crippen LogP contribution in [0.5, 0.6) is 5.75 Å². The van der Waals surface area contributed by atoms with E-state index in [-0.39, 0.29) is 18.2 Å². The second-order valence-corrected chi connectivity index (χ2v) is 4.95. The third kappa shape index (κ3) is 3.97. The highest BCUT2D eigenvalue weighted by Crippen LogP contribution is 2.30. The fraction of sp³-hybridized carbons (Fsp3) is 0.0667. The predicted molar refractivity (Wildman–Crippen MR) is 87.9 cm³/mol. The highest BCUT2D eigenvalue weighted by molar-refractivity contribution is 9.10. The van der Waals surface area contributed by atoms with E-state index in [4.69, 9.17) is 15.9 Å². The van der Waals surface area contributed by atoms with Crippen molar-refractivity contribution in [3.8, 4) is 11.8 Å². The first-order valence-corrected chi connectivity index (χ1v) is 6.66. The van der Waals surface area contributed by atoms with E-state index < -0.39 is 0 Å². The smallest absolute Gasteiger partial charge is 0.149 e. The fourth-order valence-corrected chi connectivity index (χ4v) is 2.16. The number of halogens is 2. The van der Waals surface area contributed by atoms with Crippen molar-refractivity contribution in [3.05, 3.63) is 63.6 Å². The standard InChI is InChI=1S/C15H12BrN3O.ClH/c16-13-7-6-11(15(18)19)14(12(13)8-17)20-9-10-4-2-1-3-5-10;/h1-7H,9H2,(H3,18,19);1H. The maximum atomic E-state index is 9.23. The molecule has 0 unspecified atom stereocenters. The summed E-state index contributed by atoms with van der Waals surface area (Å²) in [5, 5.41) is 16.8. The molecule has 0 aliphatic carbocycles. The lowest BCUT2D eigenvalue weighted by molar-refractivity contribution is 0.304. The van der Waals surface area contributed by atoms with Gasteiger partial charge in [0.05, 0.1) is 5.56 Å². The highest BCUT2D eigenvalue weighted by Gasteiger charge is 2.15. The molecule has 21 heavy (non-hydrogen) atoms. The summed E-state index contributed by atoms with van der Waals surface area (Å²) in [6.07, 6.45) is 0. The SMILES string of the molecule is Cl.N#Cc1c(Br)ccc(C(=N)N)c1OCc1ccccc1. The van der Waals surface area contributed by atoms with Crippen LogP contribution in [0.4, 0.5) is 0 Å². The summed E-state index contributed by atoms with van der Waals surface area (Å²) in [5.74, 6) is 0.204. The molecule has 3 N–H and O–H groups in total. The van der Waals surface area contributed by atoms with Gasteiger partial charge in [-0.2, -0.15) is 5.26 Å². The number of nitriles is 1. The van der Waals surface area contributed by atoms with Crippen molar-refractivity contribution in [2.24, 2.45) is 5.73 Å². The Balaban J connectivity index is 0.00000220. The Labute approximate surface area is 137 Å². The first-order valence-electron chi connectivity index (χ1n) is 5.87. The largest absolute Gasteiger partial charge is 0.487 e. The molecule has 0 bridgehead atoms. The monoisotopic (exact) mass is 365 g/mol. The predicted octanol–water partition coefficient (Wildman–Crippen LogP) is 3.61. The molecule has 2 rings (SSSR count). The Morgan fingerprint density at radius 1 is 1.24 bits per heavy atom. The van der Waals surface area contributed by atoms with E-state index in [2.05, 4.69) is 22.0 Å². The lowest BCUT2D eigenvalue weighted by atomic mass is 10.1. The number of ether oxygens (including phenoxy) is 1. The summed E-state index contributed by atoms with van der Waals surface area (Å²) in [5.41, 5.74) is 7.27. The molecule has 2 aromatic carbocycles. The average molecular weight is 367 g/mol. The van der Waals surface area contributed by atoms with Gasteiger partial charge in [0, 0.05) is 4.47 Å². The van der Waals surface area contributed by atoms with Gasteiger partial charge in [-0.15, -0.1) is 12.4 Å². The van der Waals surface area contributed by atoms with Crippen LogP contribution in [-0.4, -0.2) is 5.84 Å². The van der Waals surface area contributed by atoms with Crippen molar-refractivity contribution >= 4 is 34.2 Å². The fourth-order valence-electron chi connectivity index (χ4n) is 1.75. The minimum atomic E-state index is -0.128. The average Bonchev–Trinajstić information content (AvgIpc) is 2.45. The quantitative estimate of drug-likeness (QED) is 0.640. The molecule has 0 aliphatic heterocycles. The van der Waals surface area contributed by atoms with Gasteiger partial charge in [-0.05, 0) is 33.6 Å². The van der Waals surface area contributed by atoms with Crippen LogP contribution in [0.3, 0.4) is 0 Å².